The highest BCUT2D eigenvalue weighted by atomic mass is 31.1. The van der Waals surface area contributed by atoms with Gasteiger partial charge >= 0.3 is 0 Å². The third-order valence-electron chi connectivity index (χ3n) is 19.3. The van der Waals surface area contributed by atoms with Crippen molar-refractivity contribution >= 4 is 29.2 Å². The van der Waals surface area contributed by atoms with E-state index in [0.29, 0.717) is 25.7 Å². The second-order valence-electron chi connectivity index (χ2n) is 29.4. The lowest BCUT2D eigenvalue weighted by molar-refractivity contribution is 0.408. The van der Waals surface area contributed by atoms with Crippen LogP contribution < -0.4 is 28.2 Å². The van der Waals surface area contributed by atoms with Crippen LogP contribution in [-0.2, 0) is 57.5 Å². The number of ether oxygens (including phenoxy) is 5. The fraction of sp³-hybridized carbons (Fsp3) is 0.156. The quantitative estimate of drug-likeness (QED) is 0.0478. The predicted octanol–water partition coefficient (Wildman–Crippen LogP) is 29.4. The fourth-order valence-electron chi connectivity index (χ4n) is 13.8. The summed E-state index contributed by atoms with van der Waals surface area (Å²) in [6, 6.07) is 126. The first kappa shape index (κ1) is 85.3. The molecule has 0 amide bonds. The Morgan fingerprint density at radius 3 is 0.675 bits per heavy atom. The van der Waals surface area contributed by atoms with Crippen molar-refractivity contribution in [3.63, 3.8) is 0 Å². The smallest absolute Gasteiger partial charge is 0.135 e. The molecule has 15 rings (SSSR count). The molecule has 0 bridgehead atoms. The van der Waals surface area contributed by atoms with Crippen molar-refractivity contribution < 1.29 is 28.2 Å². The zero-order chi connectivity index (χ0) is 81.8. The number of rotatable bonds is 27. The summed E-state index contributed by atoms with van der Waals surface area (Å²) in [5.41, 5.74) is 27.1. The molecule has 0 fully saturated rings. The summed E-state index contributed by atoms with van der Waals surface area (Å²) in [6.45, 7) is 14.9. The van der Waals surface area contributed by atoms with Crippen molar-refractivity contribution in [1.82, 2.24) is 0 Å². The summed E-state index contributed by atoms with van der Waals surface area (Å²) in [4.78, 5) is 0. The molecule has 0 aliphatic carbocycles. The van der Waals surface area contributed by atoms with Crippen LogP contribution in [-0.4, -0.2) is 19.7 Å². The highest BCUT2D eigenvalue weighted by Gasteiger charge is 2.10. The number of aryl methyl sites for hydroxylation is 7. The molecule has 0 heterocycles. The van der Waals surface area contributed by atoms with Gasteiger partial charge in [0.15, 0.2) is 0 Å². The van der Waals surface area contributed by atoms with E-state index in [1.165, 1.54) is 108 Å². The SMILES string of the molecule is C=PCc1cccc(Cc2cccc(Cc3cccc(C)c3)c2)c1.C=POc1cccc(Oc2cccc(Oc3cccc(C)c3)c2)c1.CCc1cccc(Cc2cccc(Cc3cccc(C)c3)c2)c1.CCc1cccc(Cc2cccc(Cc3cccc(C)c3)c2)c1.COc1cccc(Oc2cccc(Oc3cccc(C)c3)c2)c1. The Bertz CT molecular complexity index is 5200. The highest BCUT2D eigenvalue weighted by molar-refractivity contribution is 7.35. The molecule has 0 unspecified atom stereocenters. The van der Waals surface area contributed by atoms with Crippen LogP contribution in [0.5, 0.6) is 57.5 Å². The second kappa shape index (κ2) is 45.5. The highest BCUT2D eigenvalue weighted by Crippen LogP contribution is 2.34. The average molecular weight is 1570 g/mol. The van der Waals surface area contributed by atoms with Gasteiger partial charge in [0, 0.05) is 30.4 Å². The van der Waals surface area contributed by atoms with E-state index in [1.54, 1.807) is 7.11 Å². The van der Waals surface area contributed by atoms with E-state index in [4.69, 9.17) is 28.2 Å². The van der Waals surface area contributed by atoms with Gasteiger partial charge in [-0.1, -0.05) is 304 Å². The van der Waals surface area contributed by atoms with Gasteiger partial charge in [-0.15, -0.1) is 8.20 Å². The van der Waals surface area contributed by atoms with E-state index in [-0.39, 0.29) is 0 Å². The van der Waals surface area contributed by atoms with E-state index in [9.17, 15) is 0 Å². The molecule has 0 aliphatic heterocycles. The predicted molar refractivity (Wildman–Crippen MR) is 495 cm³/mol. The van der Waals surface area contributed by atoms with Crippen LogP contribution in [0.1, 0.15) is 125 Å². The van der Waals surface area contributed by atoms with E-state index >= 15 is 0 Å². The molecule has 117 heavy (non-hydrogen) atoms. The summed E-state index contributed by atoms with van der Waals surface area (Å²) in [5.74, 6) is 7.37. The zero-order valence-electron chi connectivity index (χ0n) is 68.8. The Balaban J connectivity index is 0.000000144. The minimum atomic E-state index is 0.602. The topological polar surface area (TPSA) is 55.4 Å². The van der Waals surface area contributed by atoms with Gasteiger partial charge in [-0.05, 0) is 260 Å². The van der Waals surface area contributed by atoms with Gasteiger partial charge < -0.3 is 28.2 Å². The van der Waals surface area contributed by atoms with Crippen molar-refractivity contribution in [1.29, 1.82) is 0 Å². The molecule has 6 nitrogen and oxygen atoms in total. The molecule has 0 aliphatic rings. The van der Waals surface area contributed by atoms with Gasteiger partial charge in [0.2, 0.25) is 0 Å². The van der Waals surface area contributed by atoms with E-state index < -0.39 is 0 Å². The van der Waals surface area contributed by atoms with Crippen molar-refractivity contribution in [3.05, 3.63) is 475 Å². The molecular weight excluding hydrogens is 1470 g/mol. The maximum absolute atomic E-state index is 5.89. The number of benzene rings is 15. The normalized spacial score (nSPS) is 10.6. The Morgan fingerprint density at radius 1 is 0.214 bits per heavy atom. The fourth-order valence-corrected chi connectivity index (χ4v) is 14.5. The molecule has 8 heteroatoms. The van der Waals surface area contributed by atoms with Crippen LogP contribution in [0.25, 0.3) is 0 Å². The monoisotopic (exact) mass is 1570 g/mol. The molecule has 0 aromatic heterocycles. The Morgan fingerprint density at radius 2 is 0.410 bits per heavy atom. The van der Waals surface area contributed by atoms with Crippen LogP contribution in [0.4, 0.5) is 0 Å². The Kier molecular flexibility index (Phi) is 33.2. The standard InChI is InChI=1S/C23H23P.2C23H24.C20H17O3P.C20H18O3/c1-18-6-3-7-19(12-18)13-20-8-4-9-21(14-20)15-22-10-5-11-23(16-22)17-24-2;2*1-3-19-8-5-10-21(14-19)16-23-12-6-11-22(17-23)15-20-9-4-7-18(2)13-20;1-15-6-3-7-16(12-15)21-17-8-4-9-18(13-17)22-19-10-5-11-20(14-19)23-24-2;1-15-6-3-8-17(12-15)22-19-10-5-11-20(14-19)23-18-9-4-7-16(13-18)21-2/h3-12,14,16H,2,13,15,17H2,1H3;2*4-14,17H,3,15-16H2,1-2H3;3-14H,2H2,1H3;3-14H,1-2H3. The van der Waals surface area contributed by atoms with Crippen LogP contribution in [0.15, 0.2) is 364 Å². The first-order valence-electron chi connectivity index (χ1n) is 40.1. The molecule has 0 atom stereocenters. The molecule has 0 radical (unpaired) electrons. The van der Waals surface area contributed by atoms with Gasteiger partial charge in [0.05, 0.1) is 7.11 Å². The minimum absolute atomic E-state index is 0.602. The number of methoxy groups -OCH3 is 1. The lowest BCUT2D eigenvalue weighted by Crippen LogP contribution is -1.93. The third kappa shape index (κ3) is 29.7. The lowest BCUT2D eigenvalue weighted by atomic mass is 9.98. The van der Waals surface area contributed by atoms with E-state index in [0.717, 1.165) is 109 Å². The molecule has 0 spiro atoms. The average Bonchev–Trinajstić information content (AvgIpc) is 0.883. The van der Waals surface area contributed by atoms with Gasteiger partial charge in [0.25, 0.3) is 0 Å². The van der Waals surface area contributed by atoms with Crippen molar-refractivity contribution in [3.8, 4) is 57.5 Å². The van der Waals surface area contributed by atoms with Crippen LogP contribution in [0.3, 0.4) is 0 Å². The van der Waals surface area contributed by atoms with Crippen molar-refractivity contribution in [2.45, 2.75) is 106 Å². The maximum Gasteiger partial charge on any atom is 0.135 e. The van der Waals surface area contributed by atoms with E-state index in [1.807, 2.05) is 159 Å². The Labute approximate surface area is 698 Å². The van der Waals surface area contributed by atoms with Crippen molar-refractivity contribution in [2.75, 3.05) is 7.11 Å². The van der Waals surface area contributed by atoms with Crippen LogP contribution in [0, 0.1) is 34.6 Å². The van der Waals surface area contributed by atoms with Gasteiger partial charge in [-0.2, -0.15) is 0 Å². The molecule has 0 saturated heterocycles. The molecule has 0 saturated carbocycles. The summed E-state index contributed by atoms with van der Waals surface area (Å²) >= 11 is 0. The number of hydrogen-bond acceptors (Lipinski definition) is 6. The summed E-state index contributed by atoms with van der Waals surface area (Å²) in [7, 11) is 3.41. The molecule has 15 aromatic rings. The first-order valence-corrected chi connectivity index (χ1v) is 42.4. The summed E-state index contributed by atoms with van der Waals surface area (Å²) in [5, 5.41) is 0. The van der Waals surface area contributed by atoms with Gasteiger partial charge in [-0.3, -0.25) is 0 Å². The third-order valence-corrected chi connectivity index (χ3v) is 20.2. The van der Waals surface area contributed by atoms with Gasteiger partial charge in [-0.25, -0.2) is 0 Å². The van der Waals surface area contributed by atoms with Gasteiger partial charge in [0.1, 0.15) is 65.9 Å². The maximum atomic E-state index is 5.89. The Hall–Kier alpha value is -12.6. The molecule has 588 valence electrons. The van der Waals surface area contributed by atoms with Crippen LogP contribution >= 0.6 is 16.6 Å². The minimum Gasteiger partial charge on any atom is -0.497 e. The zero-order valence-corrected chi connectivity index (χ0v) is 70.6. The summed E-state index contributed by atoms with van der Waals surface area (Å²) in [6.07, 6.45) is 16.8. The number of hydrogen-bond donors (Lipinski definition) is 0. The molecule has 0 N–H and O–H groups in total. The second-order valence-corrected chi connectivity index (χ2v) is 30.6. The largest absolute Gasteiger partial charge is 0.497 e. The lowest BCUT2D eigenvalue weighted by Gasteiger charge is -2.10. The first-order chi connectivity index (χ1) is 57.1. The summed E-state index contributed by atoms with van der Waals surface area (Å²) < 4.78 is 34.1. The van der Waals surface area contributed by atoms with Crippen molar-refractivity contribution in [2.24, 2.45) is 0 Å². The van der Waals surface area contributed by atoms with E-state index in [2.05, 4.69) is 266 Å². The molecular formula is C109H106O6P2. The molecule has 15 aromatic carbocycles. The van der Waals surface area contributed by atoms with Crippen LogP contribution in [0.2, 0.25) is 0 Å².